The summed E-state index contributed by atoms with van der Waals surface area (Å²) in [6.45, 7) is 2.01. The van der Waals surface area contributed by atoms with Gasteiger partial charge in [-0.15, -0.1) is 9.60 Å². The first-order chi connectivity index (χ1) is 6.13. The Morgan fingerprint density at radius 2 is 2.31 bits per heavy atom. The zero-order valence-electron chi connectivity index (χ0n) is 7.99. The number of rotatable bonds is 7. The molecule has 0 aromatic rings. The van der Waals surface area contributed by atoms with Crippen molar-refractivity contribution < 1.29 is 14.4 Å². The fourth-order valence-corrected chi connectivity index (χ4v) is 1.44. The molecule has 0 heterocycles. The van der Waals surface area contributed by atoms with Gasteiger partial charge < -0.3 is 5.11 Å². The number of carboxylic acid groups (broad SMARTS) is 1. The molecule has 0 aliphatic carbocycles. The fraction of sp³-hybridized carbons (Fsp3) is 0.875. The number of nitrogens with zero attached hydrogens (tertiary/aromatic N) is 1. The summed E-state index contributed by atoms with van der Waals surface area (Å²) in [5.41, 5.74) is 0. The van der Waals surface area contributed by atoms with Gasteiger partial charge in [0.05, 0.1) is 0 Å². The van der Waals surface area contributed by atoms with Crippen LogP contribution in [0.1, 0.15) is 19.8 Å². The minimum atomic E-state index is -1.08. The standard InChI is InChI=1S/C8H16FNO2S/c1-3-5-10(9)7(8(11)12)4-6-13-2/h7H,3-6H2,1-2H3,(H,11,12)/t7-/m0/s1. The molecule has 0 radical (unpaired) electrons. The van der Waals surface area contributed by atoms with E-state index in [1.807, 2.05) is 13.2 Å². The lowest BCUT2D eigenvalue weighted by molar-refractivity contribution is -0.151. The molecule has 0 aliphatic rings. The van der Waals surface area contributed by atoms with Gasteiger partial charge in [0, 0.05) is 6.54 Å². The van der Waals surface area contributed by atoms with Crippen molar-refractivity contribution in [1.82, 2.24) is 5.12 Å². The van der Waals surface area contributed by atoms with E-state index in [4.69, 9.17) is 5.11 Å². The highest BCUT2D eigenvalue weighted by Gasteiger charge is 2.24. The first-order valence-electron chi connectivity index (χ1n) is 4.27. The van der Waals surface area contributed by atoms with Crippen LogP contribution in [0.5, 0.6) is 0 Å². The Balaban J connectivity index is 3.99. The van der Waals surface area contributed by atoms with E-state index in [1.165, 1.54) is 11.8 Å². The molecule has 0 spiro atoms. The maximum absolute atomic E-state index is 13.1. The lowest BCUT2D eigenvalue weighted by Gasteiger charge is -2.18. The Kier molecular flexibility index (Phi) is 6.99. The molecular formula is C8H16FNO2S. The van der Waals surface area contributed by atoms with Crippen molar-refractivity contribution in [3.8, 4) is 0 Å². The highest BCUT2D eigenvalue weighted by atomic mass is 32.2. The Hall–Kier alpha value is -0.290. The summed E-state index contributed by atoms with van der Waals surface area (Å²) in [6, 6.07) is -0.979. The van der Waals surface area contributed by atoms with E-state index in [9.17, 15) is 9.28 Å². The smallest absolute Gasteiger partial charge is 0.323 e. The molecule has 1 atom stereocenters. The second kappa shape index (κ2) is 7.15. The summed E-state index contributed by atoms with van der Waals surface area (Å²) < 4.78 is 13.1. The molecule has 0 saturated carbocycles. The Morgan fingerprint density at radius 1 is 1.69 bits per heavy atom. The highest BCUT2D eigenvalue weighted by molar-refractivity contribution is 7.98. The Bertz CT molecular complexity index is 157. The van der Waals surface area contributed by atoms with Gasteiger partial charge in [0.1, 0.15) is 6.04 Å². The number of carboxylic acids is 1. The molecule has 0 saturated heterocycles. The van der Waals surface area contributed by atoms with Crippen LogP contribution in [0.25, 0.3) is 0 Å². The third-order valence-electron chi connectivity index (χ3n) is 1.66. The van der Waals surface area contributed by atoms with Crippen LogP contribution in [0.2, 0.25) is 0 Å². The average Bonchev–Trinajstić information content (AvgIpc) is 2.05. The van der Waals surface area contributed by atoms with Gasteiger partial charge in [-0.05, 0) is 24.9 Å². The number of carbonyl (C=O) groups is 1. The minimum absolute atomic E-state index is 0.186. The lowest BCUT2D eigenvalue weighted by atomic mass is 10.2. The molecule has 0 rings (SSSR count). The van der Waals surface area contributed by atoms with Crippen molar-refractivity contribution in [3.05, 3.63) is 0 Å². The molecule has 0 aromatic carbocycles. The number of hydrogen-bond donors (Lipinski definition) is 1. The van der Waals surface area contributed by atoms with Crippen molar-refractivity contribution in [1.29, 1.82) is 0 Å². The number of halogens is 1. The van der Waals surface area contributed by atoms with Crippen molar-refractivity contribution in [2.24, 2.45) is 0 Å². The van der Waals surface area contributed by atoms with Crippen LogP contribution >= 0.6 is 11.8 Å². The maximum atomic E-state index is 13.1. The quantitative estimate of drug-likeness (QED) is 0.649. The second-order valence-electron chi connectivity index (χ2n) is 2.76. The molecule has 1 N–H and O–H groups in total. The van der Waals surface area contributed by atoms with E-state index in [1.54, 1.807) is 0 Å². The van der Waals surface area contributed by atoms with Crippen molar-refractivity contribution >= 4 is 17.7 Å². The van der Waals surface area contributed by atoms with Gasteiger partial charge in [-0.1, -0.05) is 6.92 Å². The summed E-state index contributed by atoms with van der Waals surface area (Å²) in [7, 11) is 0. The van der Waals surface area contributed by atoms with Crippen LogP contribution in [0.15, 0.2) is 0 Å². The molecule has 0 unspecified atom stereocenters. The molecular weight excluding hydrogens is 193 g/mol. The van der Waals surface area contributed by atoms with Gasteiger partial charge in [-0.2, -0.15) is 11.8 Å². The predicted octanol–water partition coefficient (Wildman–Crippen LogP) is 1.79. The molecule has 0 aromatic heterocycles. The van der Waals surface area contributed by atoms with E-state index in [-0.39, 0.29) is 6.54 Å². The Labute approximate surface area is 82.2 Å². The topological polar surface area (TPSA) is 40.5 Å². The summed E-state index contributed by atoms with van der Waals surface area (Å²) in [4.78, 5) is 10.6. The van der Waals surface area contributed by atoms with Crippen LogP contribution in [0, 0.1) is 0 Å². The van der Waals surface area contributed by atoms with Crippen LogP contribution in [0.3, 0.4) is 0 Å². The van der Waals surface area contributed by atoms with Crippen LogP contribution < -0.4 is 0 Å². The normalized spacial score (nSPS) is 13.2. The second-order valence-corrected chi connectivity index (χ2v) is 3.74. The molecule has 78 valence electrons. The fourth-order valence-electron chi connectivity index (χ4n) is 0.982. The van der Waals surface area contributed by atoms with Crippen LogP contribution in [-0.4, -0.2) is 40.8 Å². The van der Waals surface area contributed by atoms with E-state index in [2.05, 4.69) is 0 Å². The number of aliphatic carboxylic acids is 1. The zero-order valence-corrected chi connectivity index (χ0v) is 8.81. The van der Waals surface area contributed by atoms with Crippen LogP contribution in [0.4, 0.5) is 4.48 Å². The van der Waals surface area contributed by atoms with Crippen molar-refractivity contribution in [2.75, 3.05) is 18.6 Å². The molecule has 0 aliphatic heterocycles. The van der Waals surface area contributed by atoms with Crippen molar-refractivity contribution in [3.63, 3.8) is 0 Å². The largest absolute Gasteiger partial charge is 0.480 e. The average molecular weight is 209 g/mol. The minimum Gasteiger partial charge on any atom is -0.480 e. The summed E-state index contributed by atoms with van der Waals surface area (Å²) >= 11 is 1.53. The molecule has 5 heteroatoms. The zero-order chi connectivity index (χ0) is 10.3. The highest BCUT2D eigenvalue weighted by Crippen LogP contribution is 2.09. The van der Waals surface area contributed by atoms with Crippen LogP contribution in [-0.2, 0) is 4.79 Å². The third kappa shape index (κ3) is 5.10. The van der Waals surface area contributed by atoms with Gasteiger partial charge in [0.25, 0.3) is 0 Å². The van der Waals surface area contributed by atoms with E-state index >= 15 is 0 Å². The molecule has 0 bridgehead atoms. The van der Waals surface area contributed by atoms with Gasteiger partial charge in [-0.25, -0.2) is 0 Å². The third-order valence-corrected chi connectivity index (χ3v) is 2.30. The SMILES string of the molecule is CCCN(F)[C@@H](CCSC)C(=O)O. The van der Waals surface area contributed by atoms with Gasteiger partial charge in [0.15, 0.2) is 0 Å². The van der Waals surface area contributed by atoms with E-state index in [0.717, 1.165) is 0 Å². The summed E-state index contributed by atoms with van der Waals surface area (Å²) in [5.74, 6) is -0.411. The number of hydrogen-bond acceptors (Lipinski definition) is 3. The Morgan fingerprint density at radius 3 is 2.69 bits per heavy atom. The molecule has 0 fully saturated rings. The maximum Gasteiger partial charge on any atom is 0.323 e. The predicted molar refractivity (Wildman–Crippen MR) is 52.5 cm³/mol. The molecule has 13 heavy (non-hydrogen) atoms. The summed E-state index contributed by atoms with van der Waals surface area (Å²) in [6.07, 6.45) is 2.86. The van der Waals surface area contributed by atoms with Crippen molar-refractivity contribution in [2.45, 2.75) is 25.8 Å². The molecule has 3 nitrogen and oxygen atoms in total. The first-order valence-corrected chi connectivity index (χ1v) is 5.67. The van der Waals surface area contributed by atoms with Gasteiger partial charge in [0.2, 0.25) is 0 Å². The summed E-state index contributed by atoms with van der Waals surface area (Å²) in [5, 5.41) is 9.12. The monoisotopic (exact) mass is 209 g/mol. The lowest BCUT2D eigenvalue weighted by Crippen LogP contribution is -2.36. The first kappa shape index (κ1) is 12.7. The van der Waals surface area contributed by atoms with Gasteiger partial charge >= 0.3 is 5.97 Å². The van der Waals surface area contributed by atoms with E-state index < -0.39 is 12.0 Å². The van der Waals surface area contributed by atoms with E-state index in [0.29, 0.717) is 23.7 Å². The molecule has 0 amide bonds. The van der Waals surface area contributed by atoms with Gasteiger partial charge in [-0.3, -0.25) is 4.79 Å². The number of thioether (sulfide) groups is 1.